The van der Waals surface area contributed by atoms with Crippen LogP contribution in [0.15, 0.2) is 77.9 Å². The van der Waals surface area contributed by atoms with Gasteiger partial charge in [0.25, 0.3) is 5.91 Å². The number of hydrazone groups is 1. The van der Waals surface area contributed by atoms with Crippen LogP contribution < -0.4 is 20.2 Å². The first-order valence-electron chi connectivity index (χ1n) is 10.2. The van der Waals surface area contributed by atoms with Gasteiger partial charge in [-0.1, -0.05) is 36.4 Å². The Balaban J connectivity index is 1.59. The summed E-state index contributed by atoms with van der Waals surface area (Å²) in [4.78, 5) is 24.4. The van der Waals surface area contributed by atoms with Crippen LogP contribution in [0.3, 0.4) is 0 Å². The molecular weight excluding hydrogens is 406 g/mol. The van der Waals surface area contributed by atoms with Crippen molar-refractivity contribution in [1.82, 2.24) is 5.43 Å². The van der Waals surface area contributed by atoms with Crippen LogP contribution in [0.1, 0.15) is 28.4 Å². The molecule has 32 heavy (non-hydrogen) atoms. The standard InChI is InChI=1S/C25H25N3O4/c1-3-31-23-15-19(13-14-22(23)32-25(30)20-10-5-4-6-11-20)16-27-28-24(29)17-26-21-12-8-7-9-18(21)2/h4-16,26H,3,17H2,1-2H3,(H,28,29). The van der Waals surface area contributed by atoms with E-state index in [1.165, 1.54) is 6.21 Å². The number of hydrogen-bond acceptors (Lipinski definition) is 6. The van der Waals surface area contributed by atoms with Crippen molar-refractivity contribution in [2.75, 3.05) is 18.5 Å². The third kappa shape index (κ3) is 6.43. The van der Waals surface area contributed by atoms with E-state index in [0.717, 1.165) is 11.3 Å². The van der Waals surface area contributed by atoms with Gasteiger partial charge in [-0.2, -0.15) is 5.10 Å². The number of carbonyl (C=O) groups is 2. The fraction of sp³-hybridized carbons (Fsp3) is 0.160. The first kappa shape index (κ1) is 22.6. The molecule has 0 fully saturated rings. The van der Waals surface area contributed by atoms with Crippen LogP contribution in [0, 0.1) is 6.92 Å². The number of amides is 1. The molecule has 2 N–H and O–H groups in total. The van der Waals surface area contributed by atoms with E-state index >= 15 is 0 Å². The lowest BCUT2D eigenvalue weighted by molar-refractivity contribution is -0.119. The van der Waals surface area contributed by atoms with Gasteiger partial charge in [-0.3, -0.25) is 4.79 Å². The Morgan fingerprint density at radius 2 is 1.72 bits per heavy atom. The molecule has 0 aromatic heterocycles. The van der Waals surface area contributed by atoms with Gasteiger partial charge >= 0.3 is 5.97 Å². The number of para-hydroxylation sites is 1. The number of rotatable bonds is 9. The van der Waals surface area contributed by atoms with Gasteiger partial charge in [-0.05, 0) is 61.4 Å². The summed E-state index contributed by atoms with van der Waals surface area (Å²) < 4.78 is 11.1. The fourth-order valence-electron chi connectivity index (χ4n) is 2.86. The number of hydrogen-bond donors (Lipinski definition) is 2. The van der Waals surface area contributed by atoms with E-state index in [1.54, 1.807) is 42.5 Å². The van der Waals surface area contributed by atoms with E-state index in [4.69, 9.17) is 9.47 Å². The average Bonchev–Trinajstić information content (AvgIpc) is 2.81. The van der Waals surface area contributed by atoms with Crippen molar-refractivity contribution in [2.45, 2.75) is 13.8 Å². The largest absolute Gasteiger partial charge is 0.490 e. The van der Waals surface area contributed by atoms with Gasteiger partial charge < -0.3 is 14.8 Å². The Labute approximate surface area is 187 Å². The first-order valence-corrected chi connectivity index (χ1v) is 10.2. The maximum Gasteiger partial charge on any atom is 0.343 e. The maximum absolute atomic E-state index is 12.3. The van der Waals surface area contributed by atoms with E-state index in [0.29, 0.717) is 29.2 Å². The second-order valence-electron chi connectivity index (χ2n) is 6.86. The van der Waals surface area contributed by atoms with Crippen molar-refractivity contribution < 1.29 is 19.1 Å². The van der Waals surface area contributed by atoms with Gasteiger partial charge in [0, 0.05) is 5.69 Å². The molecule has 3 rings (SSSR count). The molecule has 0 aliphatic rings. The minimum absolute atomic E-state index is 0.0980. The Kier molecular flexibility index (Phi) is 7.97. The quantitative estimate of drug-likeness (QED) is 0.230. The van der Waals surface area contributed by atoms with Crippen LogP contribution in [0.4, 0.5) is 5.69 Å². The van der Waals surface area contributed by atoms with Crippen molar-refractivity contribution in [1.29, 1.82) is 0 Å². The number of aryl methyl sites for hydroxylation is 1. The Hall–Kier alpha value is -4.13. The Bertz CT molecular complexity index is 1100. The molecule has 0 spiro atoms. The molecule has 3 aromatic carbocycles. The molecule has 1 amide bonds. The third-order valence-corrected chi connectivity index (χ3v) is 4.47. The number of anilines is 1. The number of carbonyl (C=O) groups excluding carboxylic acids is 2. The summed E-state index contributed by atoms with van der Waals surface area (Å²) in [6.45, 7) is 4.30. The normalized spacial score (nSPS) is 10.6. The summed E-state index contributed by atoms with van der Waals surface area (Å²) in [7, 11) is 0. The summed E-state index contributed by atoms with van der Waals surface area (Å²) in [6, 6.07) is 21.5. The predicted octanol–water partition coefficient (Wildman–Crippen LogP) is 4.18. The maximum atomic E-state index is 12.3. The number of nitrogens with one attached hydrogen (secondary N) is 2. The van der Waals surface area contributed by atoms with Gasteiger partial charge in [0.2, 0.25) is 0 Å². The van der Waals surface area contributed by atoms with Gasteiger partial charge in [0.15, 0.2) is 11.5 Å². The monoisotopic (exact) mass is 431 g/mol. The van der Waals surface area contributed by atoms with Crippen LogP contribution >= 0.6 is 0 Å². The van der Waals surface area contributed by atoms with Crippen LogP contribution in [-0.4, -0.2) is 31.2 Å². The Morgan fingerprint density at radius 1 is 0.969 bits per heavy atom. The highest BCUT2D eigenvalue weighted by molar-refractivity contribution is 5.91. The minimum atomic E-state index is -0.471. The molecule has 0 atom stereocenters. The number of ether oxygens (including phenoxy) is 2. The van der Waals surface area contributed by atoms with Crippen molar-refractivity contribution in [3.63, 3.8) is 0 Å². The lowest BCUT2D eigenvalue weighted by atomic mass is 10.2. The van der Waals surface area contributed by atoms with Gasteiger partial charge in [-0.15, -0.1) is 0 Å². The lowest BCUT2D eigenvalue weighted by Crippen LogP contribution is -2.26. The van der Waals surface area contributed by atoms with Gasteiger partial charge in [0.1, 0.15) is 0 Å². The second-order valence-corrected chi connectivity index (χ2v) is 6.86. The molecular formula is C25H25N3O4. The van der Waals surface area contributed by atoms with E-state index in [-0.39, 0.29) is 12.5 Å². The van der Waals surface area contributed by atoms with Crippen LogP contribution in [-0.2, 0) is 4.79 Å². The molecule has 0 saturated heterocycles. The summed E-state index contributed by atoms with van der Waals surface area (Å²) >= 11 is 0. The Morgan fingerprint density at radius 3 is 2.47 bits per heavy atom. The number of esters is 1. The lowest BCUT2D eigenvalue weighted by Gasteiger charge is -2.11. The summed E-state index contributed by atoms with van der Waals surface area (Å²) in [5.74, 6) is -0.0260. The highest BCUT2D eigenvalue weighted by Gasteiger charge is 2.13. The van der Waals surface area contributed by atoms with Crippen molar-refractivity contribution in [3.8, 4) is 11.5 Å². The zero-order chi connectivity index (χ0) is 22.8. The topological polar surface area (TPSA) is 89.0 Å². The van der Waals surface area contributed by atoms with Crippen molar-refractivity contribution in [2.24, 2.45) is 5.10 Å². The molecule has 7 nitrogen and oxygen atoms in total. The molecule has 0 saturated carbocycles. The van der Waals surface area contributed by atoms with E-state index < -0.39 is 5.97 Å². The summed E-state index contributed by atoms with van der Waals surface area (Å²) in [6.07, 6.45) is 1.50. The zero-order valence-electron chi connectivity index (χ0n) is 18.0. The molecule has 3 aromatic rings. The van der Waals surface area contributed by atoms with Crippen LogP contribution in [0.25, 0.3) is 0 Å². The van der Waals surface area contributed by atoms with E-state index in [1.807, 2.05) is 44.2 Å². The summed E-state index contributed by atoms with van der Waals surface area (Å²) in [5.41, 5.74) is 5.56. The first-order chi connectivity index (χ1) is 15.6. The third-order valence-electron chi connectivity index (χ3n) is 4.47. The highest BCUT2D eigenvalue weighted by Crippen LogP contribution is 2.29. The molecule has 164 valence electrons. The molecule has 7 heteroatoms. The average molecular weight is 431 g/mol. The van der Waals surface area contributed by atoms with Crippen molar-refractivity contribution in [3.05, 3.63) is 89.5 Å². The van der Waals surface area contributed by atoms with Crippen molar-refractivity contribution >= 4 is 23.8 Å². The highest BCUT2D eigenvalue weighted by atomic mass is 16.6. The summed E-state index contributed by atoms with van der Waals surface area (Å²) in [5, 5.41) is 7.06. The zero-order valence-corrected chi connectivity index (χ0v) is 18.0. The molecule has 0 aliphatic heterocycles. The molecule has 0 unspecified atom stereocenters. The number of benzene rings is 3. The van der Waals surface area contributed by atoms with Gasteiger partial charge in [-0.25, -0.2) is 10.2 Å². The van der Waals surface area contributed by atoms with E-state index in [2.05, 4.69) is 15.8 Å². The molecule has 0 bridgehead atoms. The smallest absolute Gasteiger partial charge is 0.343 e. The number of nitrogens with zero attached hydrogens (tertiary/aromatic N) is 1. The molecule has 0 heterocycles. The fourth-order valence-corrected chi connectivity index (χ4v) is 2.86. The second kappa shape index (κ2) is 11.3. The predicted molar refractivity (Wildman–Crippen MR) is 124 cm³/mol. The van der Waals surface area contributed by atoms with Crippen LogP contribution in [0.2, 0.25) is 0 Å². The van der Waals surface area contributed by atoms with Crippen LogP contribution in [0.5, 0.6) is 11.5 Å². The van der Waals surface area contributed by atoms with Gasteiger partial charge in [0.05, 0.1) is 24.9 Å². The van der Waals surface area contributed by atoms with E-state index in [9.17, 15) is 9.59 Å². The molecule has 0 radical (unpaired) electrons. The SMILES string of the molecule is CCOc1cc(C=NNC(=O)CNc2ccccc2C)ccc1OC(=O)c1ccccc1. The molecule has 0 aliphatic carbocycles. The minimum Gasteiger partial charge on any atom is -0.490 e.